The first-order valence-corrected chi connectivity index (χ1v) is 5.62. The smallest absolute Gasteiger partial charge is 0.175 e. The molecule has 0 saturated heterocycles. The Morgan fingerprint density at radius 1 is 1.33 bits per heavy atom. The van der Waals surface area contributed by atoms with Crippen LogP contribution in [-0.4, -0.2) is 19.5 Å². The van der Waals surface area contributed by atoms with Crippen molar-refractivity contribution in [1.82, 2.24) is 0 Å². The predicted molar refractivity (Wildman–Crippen MR) is 67.7 cm³/mol. The molecule has 0 aliphatic heterocycles. The van der Waals surface area contributed by atoms with Gasteiger partial charge in [-0.2, -0.15) is 5.26 Å². The first-order valence-electron chi connectivity index (χ1n) is 5.62. The lowest BCUT2D eigenvalue weighted by Gasteiger charge is -2.17. The van der Waals surface area contributed by atoms with Crippen molar-refractivity contribution in [3.63, 3.8) is 0 Å². The van der Waals surface area contributed by atoms with E-state index in [0.29, 0.717) is 17.1 Å². The van der Waals surface area contributed by atoms with Crippen molar-refractivity contribution in [1.29, 1.82) is 5.26 Å². The number of hydrogen-bond acceptors (Lipinski definition) is 4. The van der Waals surface area contributed by atoms with Crippen LogP contribution in [0.25, 0.3) is 0 Å². The molecular formula is C14H17NO3. The van der Waals surface area contributed by atoms with Gasteiger partial charge >= 0.3 is 0 Å². The van der Waals surface area contributed by atoms with E-state index in [1.54, 1.807) is 18.2 Å². The number of ether oxygens (including phenoxy) is 2. The summed E-state index contributed by atoms with van der Waals surface area (Å²) in [6, 6.07) is 6.85. The summed E-state index contributed by atoms with van der Waals surface area (Å²) in [6.07, 6.45) is 0. The fraction of sp³-hybridized carbons (Fsp3) is 0.429. The highest BCUT2D eigenvalue weighted by atomic mass is 16.5. The number of nitriles is 1. The molecule has 4 nitrogen and oxygen atoms in total. The van der Waals surface area contributed by atoms with E-state index in [2.05, 4.69) is 0 Å². The number of Topliss-reactive ketones (excluding diaryl/α,β-unsaturated/α-hetero) is 1. The number of ketones is 1. The molecule has 1 rings (SSSR count). The molecule has 0 radical (unpaired) electrons. The number of methoxy groups -OCH3 is 1. The van der Waals surface area contributed by atoms with E-state index in [9.17, 15) is 4.79 Å². The Morgan fingerprint density at radius 2 is 2.00 bits per heavy atom. The third kappa shape index (κ3) is 3.49. The van der Waals surface area contributed by atoms with Gasteiger partial charge in [0.25, 0.3) is 0 Å². The second-order valence-corrected chi connectivity index (χ2v) is 4.94. The van der Waals surface area contributed by atoms with Gasteiger partial charge in [0.15, 0.2) is 17.3 Å². The van der Waals surface area contributed by atoms with Gasteiger partial charge in [0, 0.05) is 11.5 Å². The zero-order valence-corrected chi connectivity index (χ0v) is 11.1. The molecule has 0 saturated carbocycles. The Hall–Kier alpha value is -2.02. The minimum Gasteiger partial charge on any atom is -0.493 e. The fourth-order valence-electron chi connectivity index (χ4n) is 1.22. The second kappa shape index (κ2) is 5.54. The third-order valence-electron chi connectivity index (χ3n) is 2.49. The van der Waals surface area contributed by atoms with E-state index in [1.165, 1.54) is 7.11 Å². The molecule has 0 aromatic heterocycles. The molecule has 18 heavy (non-hydrogen) atoms. The van der Waals surface area contributed by atoms with E-state index in [4.69, 9.17) is 14.7 Å². The minimum atomic E-state index is -0.431. The van der Waals surface area contributed by atoms with Crippen LogP contribution in [0.2, 0.25) is 0 Å². The Bertz CT molecular complexity index is 481. The number of hydrogen-bond donors (Lipinski definition) is 0. The average Bonchev–Trinajstić information content (AvgIpc) is 2.34. The van der Waals surface area contributed by atoms with Crippen molar-refractivity contribution in [2.45, 2.75) is 20.8 Å². The van der Waals surface area contributed by atoms with E-state index < -0.39 is 5.41 Å². The first kappa shape index (κ1) is 14.0. The summed E-state index contributed by atoms with van der Waals surface area (Å²) in [4.78, 5) is 11.7. The fourth-order valence-corrected chi connectivity index (χ4v) is 1.22. The van der Waals surface area contributed by atoms with Gasteiger partial charge in [-0.1, -0.05) is 20.8 Å². The predicted octanol–water partition coefficient (Wildman–Crippen LogP) is 2.56. The Morgan fingerprint density at radius 3 is 2.50 bits per heavy atom. The Labute approximate surface area is 107 Å². The van der Waals surface area contributed by atoms with Gasteiger partial charge in [-0.15, -0.1) is 0 Å². The summed E-state index contributed by atoms with van der Waals surface area (Å²) in [5.74, 6) is 0.929. The van der Waals surface area contributed by atoms with Crippen molar-refractivity contribution >= 4 is 5.78 Å². The summed E-state index contributed by atoms with van der Waals surface area (Å²) in [6.45, 7) is 5.52. The molecule has 0 aliphatic carbocycles. The third-order valence-corrected chi connectivity index (χ3v) is 2.49. The molecule has 0 N–H and O–H groups in total. The maximum Gasteiger partial charge on any atom is 0.175 e. The molecule has 0 bridgehead atoms. The van der Waals surface area contributed by atoms with Crippen LogP contribution in [0.3, 0.4) is 0 Å². The van der Waals surface area contributed by atoms with E-state index >= 15 is 0 Å². The van der Waals surface area contributed by atoms with E-state index in [0.717, 1.165) is 0 Å². The molecule has 0 unspecified atom stereocenters. The molecule has 0 atom stereocenters. The largest absolute Gasteiger partial charge is 0.493 e. The van der Waals surface area contributed by atoms with Gasteiger partial charge in [-0.05, 0) is 12.1 Å². The zero-order chi connectivity index (χ0) is 13.8. The number of benzene rings is 1. The number of rotatable bonds is 4. The van der Waals surface area contributed by atoms with Gasteiger partial charge in [0.1, 0.15) is 6.61 Å². The molecule has 0 heterocycles. The lowest BCUT2D eigenvalue weighted by atomic mass is 9.91. The Balaban J connectivity index is 2.80. The summed E-state index contributed by atoms with van der Waals surface area (Å²) < 4.78 is 10.6. The van der Waals surface area contributed by atoms with Gasteiger partial charge < -0.3 is 9.47 Å². The lowest BCUT2D eigenvalue weighted by molar-refractivity contribution is -0.128. The molecule has 4 heteroatoms. The number of nitrogens with zero attached hydrogens (tertiary/aromatic N) is 1. The summed E-state index contributed by atoms with van der Waals surface area (Å²) in [5.41, 5.74) is 0.0566. The van der Waals surface area contributed by atoms with E-state index in [1.807, 2.05) is 26.8 Å². The van der Waals surface area contributed by atoms with Gasteiger partial charge in [0.05, 0.1) is 18.7 Å². The van der Waals surface area contributed by atoms with Crippen LogP contribution in [-0.2, 0) is 4.79 Å². The van der Waals surface area contributed by atoms with Gasteiger partial charge in [0.2, 0.25) is 0 Å². The van der Waals surface area contributed by atoms with Crippen LogP contribution in [0, 0.1) is 16.7 Å². The van der Waals surface area contributed by atoms with Crippen LogP contribution in [0.1, 0.15) is 26.3 Å². The summed E-state index contributed by atoms with van der Waals surface area (Å²) in [7, 11) is 1.49. The van der Waals surface area contributed by atoms with Crippen molar-refractivity contribution in [2.24, 2.45) is 5.41 Å². The Kier molecular flexibility index (Phi) is 4.33. The zero-order valence-electron chi connectivity index (χ0n) is 11.1. The van der Waals surface area contributed by atoms with E-state index in [-0.39, 0.29) is 12.4 Å². The lowest BCUT2D eigenvalue weighted by Crippen LogP contribution is -2.26. The molecule has 1 aromatic carbocycles. The molecule has 0 fully saturated rings. The van der Waals surface area contributed by atoms with Crippen molar-refractivity contribution in [3.8, 4) is 17.6 Å². The number of carbonyl (C=O) groups excluding carboxylic acids is 1. The van der Waals surface area contributed by atoms with Crippen LogP contribution in [0.15, 0.2) is 18.2 Å². The maximum absolute atomic E-state index is 11.7. The standard InChI is InChI=1S/C14H17NO3/c1-14(2,3)13(16)9-18-11-6-5-10(8-15)7-12(11)17-4/h5-7H,9H2,1-4H3. The van der Waals surface area contributed by atoms with Crippen LogP contribution >= 0.6 is 0 Å². The topological polar surface area (TPSA) is 59.3 Å². The normalized spacial score (nSPS) is 10.6. The average molecular weight is 247 g/mol. The van der Waals surface area contributed by atoms with Gasteiger partial charge in [-0.25, -0.2) is 0 Å². The van der Waals surface area contributed by atoms with Crippen LogP contribution in [0.5, 0.6) is 11.5 Å². The van der Waals surface area contributed by atoms with Crippen molar-refractivity contribution in [3.05, 3.63) is 23.8 Å². The van der Waals surface area contributed by atoms with Crippen LogP contribution in [0.4, 0.5) is 0 Å². The molecule has 0 aliphatic rings. The monoisotopic (exact) mass is 247 g/mol. The van der Waals surface area contributed by atoms with Gasteiger partial charge in [-0.3, -0.25) is 4.79 Å². The first-order chi connectivity index (χ1) is 8.38. The second-order valence-electron chi connectivity index (χ2n) is 4.94. The van der Waals surface area contributed by atoms with Crippen molar-refractivity contribution in [2.75, 3.05) is 13.7 Å². The molecule has 96 valence electrons. The highest BCUT2D eigenvalue weighted by Gasteiger charge is 2.22. The molecule has 0 spiro atoms. The number of carbonyl (C=O) groups is 1. The van der Waals surface area contributed by atoms with Crippen LogP contribution < -0.4 is 9.47 Å². The van der Waals surface area contributed by atoms with Crippen molar-refractivity contribution < 1.29 is 14.3 Å². The highest BCUT2D eigenvalue weighted by Crippen LogP contribution is 2.28. The summed E-state index contributed by atoms with van der Waals surface area (Å²) in [5, 5.41) is 8.77. The quantitative estimate of drug-likeness (QED) is 0.820. The highest BCUT2D eigenvalue weighted by molar-refractivity contribution is 5.85. The molecule has 0 amide bonds. The maximum atomic E-state index is 11.7. The summed E-state index contributed by atoms with van der Waals surface area (Å²) >= 11 is 0. The molecule has 1 aromatic rings. The SMILES string of the molecule is COc1cc(C#N)ccc1OCC(=O)C(C)(C)C. The molecular weight excluding hydrogens is 230 g/mol. The minimum absolute atomic E-state index is 0.00817.